The van der Waals surface area contributed by atoms with E-state index in [1.54, 1.807) is 0 Å². The van der Waals surface area contributed by atoms with Crippen molar-refractivity contribution in [2.45, 2.75) is 26.2 Å². The molecule has 88 valence electrons. The minimum atomic E-state index is 0.0176. The molecule has 3 N–H and O–H groups in total. The van der Waals surface area contributed by atoms with Crippen LogP contribution < -0.4 is 11.1 Å². The number of hydrogen-bond donors (Lipinski definition) is 2. The summed E-state index contributed by atoms with van der Waals surface area (Å²) in [5.41, 5.74) is 5.58. The smallest absolute Gasteiger partial charge is 0.224 e. The Labute approximate surface area is 96.6 Å². The highest BCUT2D eigenvalue weighted by Crippen LogP contribution is 2.22. The number of carbonyl (C=O) groups is 1. The van der Waals surface area contributed by atoms with Gasteiger partial charge in [0.25, 0.3) is 0 Å². The lowest BCUT2D eigenvalue weighted by Gasteiger charge is -2.15. The molecular formula is C11H22N2OS. The van der Waals surface area contributed by atoms with Gasteiger partial charge in [-0.3, -0.25) is 4.79 Å². The molecular weight excluding hydrogens is 208 g/mol. The van der Waals surface area contributed by atoms with E-state index in [-0.39, 0.29) is 11.8 Å². The molecule has 3 nitrogen and oxygen atoms in total. The number of carbonyl (C=O) groups excluding carboxylic acids is 1. The van der Waals surface area contributed by atoms with Gasteiger partial charge in [-0.1, -0.05) is 13.3 Å². The Kier molecular flexibility index (Phi) is 6.10. The number of nitrogens with two attached hydrogens (primary N) is 1. The Morgan fingerprint density at radius 1 is 1.67 bits per heavy atom. The third-order valence-electron chi connectivity index (χ3n) is 2.88. The lowest BCUT2D eigenvalue weighted by Crippen LogP contribution is -2.37. The van der Waals surface area contributed by atoms with Gasteiger partial charge in [0.05, 0.1) is 5.92 Å². The van der Waals surface area contributed by atoms with E-state index in [4.69, 9.17) is 5.73 Å². The Hall–Kier alpha value is -0.220. The highest BCUT2D eigenvalue weighted by atomic mass is 32.2. The maximum Gasteiger partial charge on any atom is 0.224 e. The topological polar surface area (TPSA) is 55.1 Å². The molecule has 1 aliphatic heterocycles. The van der Waals surface area contributed by atoms with Gasteiger partial charge in [0, 0.05) is 13.1 Å². The van der Waals surface area contributed by atoms with E-state index >= 15 is 0 Å². The van der Waals surface area contributed by atoms with Crippen LogP contribution in [0.15, 0.2) is 0 Å². The van der Waals surface area contributed by atoms with Crippen molar-refractivity contribution >= 4 is 17.7 Å². The third-order valence-corrected chi connectivity index (χ3v) is 4.11. The third kappa shape index (κ3) is 4.43. The van der Waals surface area contributed by atoms with Crippen LogP contribution in [0.3, 0.4) is 0 Å². The summed E-state index contributed by atoms with van der Waals surface area (Å²) in [4.78, 5) is 11.7. The fourth-order valence-corrected chi connectivity index (χ4v) is 3.12. The van der Waals surface area contributed by atoms with Gasteiger partial charge in [-0.15, -0.1) is 0 Å². The van der Waals surface area contributed by atoms with Gasteiger partial charge in [0.15, 0.2) is 0 Å². The molecule has 1 aliphatic rings. The van der Waals surface area contributed by atoms with Crippen molar-refractivity contribution in [3.8, 4) is 0 Å². The summed E-state index contributed by atoms with van der Waals surface area (Å²) in [6.07, 6.45) is 3.17. The Bertz CT molecular complexity index is 193. The zero-order valence-electron chi connectivity index (χ0n) is 9.50. The highest BCUT2D eigenvalue weighted by Gasteiger charge is 2.19. The van der Waals surface area contributed by atoms with Crippen molar-refractivity contribution in [2.75, 3.05) is 24.6 Å². The predicted octanol–water partition coefficient (Wildman–Crippen LogP) is 1.23. The van der Waals surface area contributed by atoms with Crippen molar-refractivity contribution in [1.29, 1.82) is 0 Å². The zero-order chi connectivity index (χ0) is 11.1. The van der Waals surface area contributed by atoms with Crippen molar-refractivity contribution in [1.82, 2.24) is 5.32 Å². The summed E-state index contributed by atoms with van der Waals surface area (Å²) in [6.45, 7) is 3.40. The van der Waals surface area contributed by atoms with E-state index in [1.165, 1.54) is 17.9 Å². The standard InChI is InChI=1S/C11H22N2OS/c1-2-3-10(6-12)11(14)13-7-9-4-5-15-8-9/h9-10H,2-8,12H2,1H3,(H,13,14). The van der Waals surface area contributed by atoms with Crippen LogP contribution in [0.1, 0.15) is 26.2 Å². The number of thioether (sulfide) groups is 1. The van der Waals surface area contributed by atoms with Crippen LogP contribution in [0.5, 0.6) is 0 Å². The monoisotopic (exact) mass is 230 g/mol. The molecule has 2 unspecified atom stereocenters. The first kappa shape index (κ1) is 12.8. The molecule has 4 heteroatoms. The van der Waals surface area contributed by atoms with Gasteiger partial charge < -0.3 is 11.1 Å². The van der Waals surface area contributed by atoms with Gasteiger partial charge >= 0.3 is 0 Å². The molecule has 1 fully saturated rings. The Balaban J connectivity index is 2.20. The van der Waals surface area contributed by atoms with Crippen molar-refractivity contribution in [3.63, 3.8) is 0 Å². The molecule has 0 saturated carbocycles. The van der Waals surface area contributed by atoms with Crippen molar-refractivity contribution in [3.05, 3.63) is 0 Å². The molecule has 1 heterocycles. The maximum absolute atomic E-state index is 11.7. The van der Waals surface area contributed by atoms with Gasteiger partial charge in [0.1, 0.15) is 0 Å². The summed E-state index contributed by atoms with van der Waals surface area (Å²) < 4.78 is 0. The van der Waals surface area contributed by atoms with E-state index in [2.05, 4.69) is 12.2 Å². The lowest BCUT2D eigenvalue weighted by atomic mass is 10.0. The lowest BCUT2D eigenvalue weighted by molar-refractivity contribution is -0.125. The van der Waals surface area contributed by atoms with Crippen LogP contribution in [0.4, 0.5) is 0 Å². The van der Waals surface area contributed by atoms with Crippen LogP contribution >= 0.6 is 11.8 Å². The minimum Gasteiger partial charge on any atom is -0.356 e. The normalized spacial score (nSPS) is 22.7. The van der Waals surface area contributed by atoms with Gasteiger partial charge in [-0.25, -0.2) is 0 Å². The number of rotatable bonds is 6. The molecule has 0 bridgehead atoms. The second-order valence-electron chi connectivity index (χ2n) is 4.20. The average molecular weight is 230 g/mol. The van der Waals surface area contributed by atoms with Crippen LogP contribution in [0.2, 0.25) is 0 Å². The number of nitrogens with one attached hydrogen (secondary N) is 1. The van der Waals surface area contributed by atoms with E-state index in [0.717, 1.165) is 19.4 Å². The molecule has 1 amide bonds. The molecule has 15 heavy (non-hydrogen) atoms. The average Bonchev–Trinajstić information content (AvgIpc) is 2.75. The first-order chi connectivity index (χ1) is 7.27. The first-order valence-electron chi connectivity index (χ1n) is 5.83. The molecule has 1 rings (SSSR count). The Morgan fingerprint density at radius 2 is 2.47 bits per heavy atom. The predicted molar refractivity (Wildman–Crippen MR) is 65.9 cm³/mol. The molecule has 0 spiro atoms. The SMILES string of the molecule is CCCC(CN)C(=O)NCC1CCSC1. The van der Waals surface area contributed by atoms with Crippen LogP contribution in [-0.2, 0) is 4.79 Å². The molecule has 2 atom stereocenters. The summed E-state index contributed by atoms with van der Waals surface area (Å²) in [5.74, 6) is 3.29. The molecule has 1 saturated heterocycles. The molecule has 0 aromatic rings. The van der Waals surface area contributed by atoms with E-state index < -0.39 is 0 Å². The van der Waals surface area contributed by atoms with Crippen molar-refractivity contribution < 1.29 is 4.79 Å². The minimum absolute atomic E-state index is 0.0176. The molecule has 0 aromatic heterocycles. The largest absolute Gasteiger partial charge is 0.356 e. The fourth-order valence-electron chi connectivity index (χ4n) is 1.84. The number of hydrogen-bond acceptors (Lipinski definition) is 3. The van der Waals surface area contributed by atoms with Gasteiger partial charge in [0.2, 0.25) is 5.91 Å². The van der Waals surface area contributed by atoms with Crippen molar-refractivity contribution in [2.24, 2.45) is 17.6 Å². The second kappa shape index (κ2) is 7.12. The van der Waals surface area contributed by atoms with E-state index in [0.29, 0.717) is 12.5 Å². The van der Waals surface area contributed by atoms with Gasteiger partial charge in [-0.2, -0.15) is 11.8 Å². The number of amides is 1. The highest BCUT2D eigenvalue weighted by molar-refractivity contribution is 7.99. The van der Waals surface area contributed by atoms with Crippen LogP contribution in [0, 0.1) is 11.8 Å². The molecule has 0 aromatic carbocycles. The summed E-state index contributed by atoms with van der Waals surface area (Å²) in [5, 5.41) is 3.03. The second-order valence-corrected chi connectivity index (χ2v) is 5.35. The first-order valence-corrected chi connectivity index (χ1v) is 6.99. The fraction of sp³-hybridized carbons (Fsp3) is 0.909. The Morgan fingerprint density at radius 3 is 3.00 bits per heavy atom. The molecule has 0 radical (unpaired) electrons. The quantitative estimate of drug-likeness (QED) is 0.721. The zero-order valence-corrected chi connectivity index (χ0v) is 10.3. The summed E-state index contributed by atoms with van der Waals surface area (Å²) in [6, 6.07) is 0. The summed E-state index contributed by atoms with van der Waals surface area (Å²) >= 11 is 1.98. The van der Waals surface area contributed by atoms with E-state index in [9.17, 15) is 4.79 Å². The van der Waals surface area contributed by atoms with Gasteiger partial charge in [-0.05, 0) is 30.3 Å². The summed E-state index contributed by atoms with van der Waals surface area (Å²) in [7, 11) is 0. The molecule has 0 aliphatic carbocycles. The van der Waals surface area contributed by atoms with Crippen LogP contribution in [-0.4, -0.2) is 30.5 Å². The van der Waals surface area contributed by atoms with Crippen LogP contribution in [0.25, 0.3) is 0 Å². The maximum atomic E-state index is 11.7. The van der Waals surface area contributed by atoms with E-state index in [1.807, 2.05) is 11.8 Å².